The molecule has 0 atom stereocenters. The number of carbonyl (C=O) groups excluding carboxylic acids is 1. The van der Waals surface area contributed by atoms with Crippen molar-refractivity contribution in [3.05, 3.63) is 53.1 Å². The molecule has 29 heavy (non-hydrogen) atoms. The molecular formula is C19H17ClF2N4O2S. The average Bonchev–Trinajstić information content (AvgIpc) is 3.17. The van der Waals surface area contributed by atoms with Crippen molar-refractivity contribution in [3.8, 4) is 17.1 Å². The number of anilines is 1. The van der Waals surface area contributed by atoms with Crippen LogP contribution in [0, 0.1) is 0 Å². The second-order valence-corrected chi connectivity index (χ2v) is 7.23. The van der Waals surface area contributed by atoms with E-state index in [4.69, 9.17) is 11.6 Å². The molecule has 3 aromatic rings. The molecule has 0 unspecified atom stereocenters. The number of ether oxygens (including phenoxy) is 1. The van der Waals surface area contributed by atoms with Gasteiger partial charge in [0.05, 0.1) is 10.8 Å². The third-order valence-electron chi connectivity index (χ3n) is 3.86. The first-order valence-electron chi connectivity index (χ1n) is 8.63. The van der Waals surface area contributed by atoms with Crippen molar-refractivity contribution in [1.82, 2.24) is 15.2 Å². The number of halogens is 3. The molecule has 0 fully saturated rings. The lowest BCUT2D eigenvalue weighted by Crippen LogP contribution is -2.14. The van der Waals surface area contributed by atoms with E-state index in [1.165, 1.54) is 23.8 Å². The molecule has 6 nitrogen and oxygen atoms in total. The van der Waals surface area contributed by atoms with Gasteiger partial charge in [-0.3, -0.25) is 9.89 Å². The van der Waals surface area contributed by atoms with Crippen LogP contribution in [-0.4, -0.2) is 33.5 Å². The van der Waals surface area contributed by atoms with E-state index in [1.807, 2.05) is 24.3 Å². The average molecular weight is 439 g/mol. The zero-order valence-corrected chi connectivity index (χ0v) is 16.9. The van der Waals surface area contributed by atoms with Crippen molar-refractivity contribution < 1.29 is 18.3 Å². The molecule has 0 spiro atoms. The van der Waals surface area contributed by atoms with Gasteiger partial charge >= 0.3 is 6.61 Å². The van der Waals surface area contributed by atoms with Gasteiger partial charge in [0, 0.05) is 11.3 Å². The predicted molar refractivity (Wildman–Crippen MR) is 109 cm³/mol. The Morgan fingerprint density at radius 3 is 2.69 bits per heavy atom. The topological polar surface area (TPSA) is 79.9 Å². The summed E-state index contributed by atoms with van der Waals surface area (Å²) in [5.41, 5.74) is 2.51. The Morgan fingerprint density at radius 2 is 2.03 bits per heavy atom. The SMILES string of the molecule is CCc1ccc(-c2nc(SCC(=O)Nc3ccc(OC(F)F)c(Cl)c3)n[nH]2)cc1. The van der Waals surface area contributed by atoms with Gasteiger partial charge in [-0.2, -0.15) is 8.78 Å². The molecule has 10 heteroatoms. The van der Waals surface area contributed by atoms with Crippen molar-refractivity contribution in [1.29, 1.82) is 0 Å². The molecule has 2 N–H and O–H groups in total. The molecule has 0 radical (unpaired) electrons. The van der Waals surface area contributed by atoms with E-state index in [2.05, 4.69) is 32.2 Å². The standard InChI is InChI=1S/C19H17ClF2N4O2S/c1-2-11-3-5-12(6-4-11)17-24-19(26-25-17)29-10-16(27)23-13-7-8-15(14(20)9-13)28-18(21)22/h3-9,18H,2,10H2,1H3,(H,23,27)(H,24,25,26). The summed E-state index contributed by atoms with van der Waals surface area (Å²) in [7, 11) is 0. The normalized spacial score (nSPS) is 10.9. The molecule has 2 aromatic carbocycles. The Bertz CT molecular complexity index is 983. The largest absolute Gasteiger partial charge is 0.433 e. The molecular weight excluding hydrogens is 422 g/mol. The van der Waals surface area contributed by atoms with Crippen LogP contribution in [0.3, 0.4) is 0 Å². The number of thioether (sulfide) groups is 1. The number of alkyl halides is 2. The summed E-state index contributed by atoms with van der Waals surface area (Å²) in [6, 6.07) is 12.0. The van der Waals surface area contributed by atoms with Crippen LogP contribution < -0.4 is 10.1 Å². The quantitative estimate of drug-likeness (QED) is 0.483. The lowest BCUT2D eigenvalue weighted by molar-refractivity contribution is -0.113. The van der Waals surface area contributed by atoms with Crippen LogP contribution in [0.15, 0.2) is 47.6 Å². The van der Waals surface area contributed by atoms with Gasteiger partial charge in [0.25, 0.3) is 0 Å². The summed E-state index contributed by atoms with van der Waals surface area (Å²) in [5.74, 6) is 0.220. The molecule has 1 heterocycles. The third kappa shape index (κ3) is 5.91. The molecule has 0 aliphatic rings. The minimum Gasteiger partial charge on any atom is -0.433 e. The molecule has 0 aliphatic heterocycles. The summed E-state index contributed by atoms with van der Waals surface area (Å²) < 4.78 is 28.8. The summed E-state index contributed by atoms with van der Waals surface area (Å²) in [6.45, 7) is -0.886. The second kappa shape index (κ2) is 9.71. The number of aromatic nitrogens is 3. The first-order valence-corrected chi connectivity index (χ1v) is 9.99. The zero-order chi connectivity index (χ0) is 20.8. The second-order valence-electron chi connectivity index (χ2n) is 5.88. The fourth-order valence-electron chi connectivity index (χ4n) is 2.44. The highest BCUT2D eigenvalue weighted by atomic mass is 35.5. The highest BCUT2D eigenvalue weighted by Crippen LogP contribution is 2.29. The zero-order valence-electron chi connectivity index (χ0n) is 15.3. The number of benzene rings is 2. The maximum absolute atomic E-state index is 12.2. The number of rotatable bonds is 8. The number of hydrogen-bond donors (Lipinski definition) is 2. The van der Waals surface area contributed by atoms with Gasteiger partial charge in [-0.25, -0.2) is 4.98 Å². The Morgan fingerprint density at radius 1 is 1.28 bits per heavy atom. The minimum atomic E-state index is -2.97. The number of carbonyl (C=O) groups is 1. The van der Waals surface area contributed by atoms with E-state index in [1.54, 1.807) is 0 Å². The number of hydrogen-bond acceptors (Lipinski definition) is 5. The maximum Gasteiger partial charge on any atom is 0.387 e. The number of amides is 1. The summed E-state index contributed by atoms with van der Waals surface area (Å²) >= 11 is 7.04. The van der Waals surface area contributed by atoms with E-state index in [0.29, 0.717) is 16.7 Å². The Labute approximate surface area is 175 Å². The van der Waals surface area contributed by atoms with E-state index in [9.17, 15) is 13.6 Å². The molecule has 1 amide bonds. The first kappa shape index (κ1) is 21.1. The van der Waals surface area contributed by atoms with Gasteiger partial charge in [0.2, 0.25) is 11.1 Å². The number of aryl methyl sites for hydroxylation is 1. The highest BCUT2D eigenvalue weighted by Gasteiger charge is 2.12. The van der Waals surface area contributed by atoms with Crippen LogP contribution in [0.1, 0.15) is 12.5 Å². The smallest absolute Gasteiger partial charge is 0.387 e. The monoisotopic (exact) mass is 438 g/mol. The lowest BCUT2D eigenvalue weighted by atomic mass is 10.1. The molecule has 0 aliphatic carbocycles. The molecule has 152 valence electrons. The molecule has 1 aromatic heterocycles. The highest BCUT2D eigenvalue weighted by molar-refractivity contribution is 7.99. The Hall–Kier alpha value is -2.65. The van der Waals surface area contributed by atoms with Crippen LogP contribution >= 0.6 is 23.4 Å². The van der Waals surface area contributed by atoms with Gasteiger partial charge in [-0.1, -0.05) is 54.6 Å². The number of aromatic amines is 1. The van der Waals surface area contributed by atoms with Crippen LogP contribution in [0.2, 0.25) is 5.02 Å². The van der Waals surface area contributed by atoms with Crippen LogP contribution in [0.25, 0.3) is 11.4 Å². The van der Waals surface area contributed by atoms with Gasteiger partial charge in [0.1, 0.15) is 5.75 Å². The van der Waals surface area contributed by atoms with Gasteiger partial charge in [-0.05, 0) is 30.2 Å². The van der Waals surface area contributed by atoms with Gasteiger partial charge < -0.3 is 10.1 Å². The summed E-state index contributed by atoms with van der Waals surface area (Å²) in [5, 5.41) is 10.0. The number of nitrogens with zero attached hydrogens (tertiary/aromatic N) is 2. The molecule has 0 saturated heterocycles. The maximum atomic E-state index is 12.2. The molecule has 3 rings (SSSR count). The molecule has 0 bridgehead atoms. The van der Waals surface area contributed by atoms with Crippen molar-refractivity contribution >= 4 is 35.0 Å². The van der Waals surface area contributed by atoms with E-state index < -0.39 is 6.61 Å². The lowest BCUT2D eigenvalue weighted by Gasteiger charge is -2.09. The van der Waals surface area contributed by atoms with Crippen LogP contribution in [0.4, 0.5) is 14.5 Å². The van der Waals surface area contributed by atoms with Crippen molar-refractivity contribution in [2.45, 2.75) is 25.1 Å². The van der Waals surface area contributed by atoms with Crippen molar-refractivity contribution in [2.75, 3.05) is 11.1 Å². The number of nitrogens with one attached hydrogen (secondary N) is 2. The minimum absolute atomic E-state index is 0.0246. The van der Waals surface area contributed by atoms with E-state index >= 15 is 0 Å². The fraction of sp³-hybridized carbons (Fsp3) is 0.211. The summed E-state index contributed by atoms with van der Waals surface area (Å²) in [6.07, 6.45) is 0.958. The van der Waals surface area contributed by atoms with E-state index in [-0.39, 0.29) is 22.4 Å². The Balaban J connectivity index is 1.54. The predicted octanol–water partition coefficient (Wildman–Crippen LogP) is 5.02. The van der Waals surface area contributed by atoms with Crippen molar-refractivity contribution in [2.24, 2.45) is 0 Å². The van der Waals surface area contributed by atoms with Crippen molar-refractivity contribution in [3.63, 3.8) is 0 Å². The van der Waals surface area contributed by atoms with Gasteiger partial charge in [0.15, 0.2) is 5.82 Å². The first-order chi connectivity index (χ1) is 13.9. The van der Waals surface area contributed by atoms with Crippen LogP contribution in [0.5, 0.6) is 5.75 Å². The Kier molecular flexibility index (Phi) is 7.05. The number of H-pyrrole nitrogens is 1. The molecule has 0 saturated carbocycles. The summed E-state index contributed by atoms with van der Waals surface area (Å²) in [4.78, 5) is 16.5. The fourth-order valence-corrected chi connectivity index (χ4v) is 3.26. The van der Waals surface area contributed by atoms with E-state index in [0.717, 1.165) is 23.7 Å². The van der Waals surface area contributed by atoms with Gasteiger partial charge in [-0.15, -0.1) is 5.10 Å². The third-order valence-corrected chi connectivity index (χ3v) is 5.01. The van der Waals surface area contributed by atoms with Crippen LogP contribution in [-0.2, 0) is 11.2 Å².